The molecule has 1 heterocycles. The molecule has 0 saturated carbocycles. The average molecular weight is 475 g/mol. The van der Waals surface area contributed by atoms with E-state index >= 15 is 0 Å². The molecule has 29 heavy (non-hydrogen) atoms. The van der Waals surface area contributed by atoms with E-state index in [0.29, 0.717) is 0 Å². The number of Topliss-reactive ketones (excluding diaryl/α,β-unsaturated/α-hetero) is 1. The van der Waals surface area contributed by atoms with Gasteiger partial charge in [0.15, 0.2) is 5.76 Å². The molecule has 0 unspecified atom stereocenters. The zero-order valence-corrected chi connectivity index (χ0v) is 17.0. The molecule has 1 aliphatic heterocycles. The monoisotopic (exact) mass is 474 g/mol. The molecule has 0 spiro atoms. The summed E-state index contributed by atoms with van der Waals surface area (Å²) in [5.41, 5.74) is 0.443. The van der Waals surface area contributed by atoms with Crippen molar-refractivity contribution in [1.82, 2.24) is 0 Å². The Balaban J connectivity index is 1.61. The summed E-state index contributed by atoms with van der Waals surface area (Å²) in [5, 5.41) is 0. The summed E-state index contributed by atoms with van der Waals surface area (Å²) in [4.78, 5) is 12.5. The smallest absolute Gasteiger partial charge is 0.339 e. The summed E-state index contributed by atoms with van der Waals surface area (Å²) < 4.78 is 50.1. The van der Waals surface area contributed by atoms with Crippen LogP contribution in [0.3, 0.4) is 0 Å². The van der Waals surface area contributed by atoms with Gasteiger partial charge in [-0.3, -0.25) is 4.79 Å². The van der Waals surface area contributed by atoms with Crippen LogP contribution >= 0.6 is 15.9 Å². The fraction of sp³-hybridized carbons (Fsp3) is 0. The van der Waals surface area contributed by atoms with Gasteiger partial charge in [-0.1, -0.05) is 34.1 Å². The molecule has 0 fully saturated rings. The molecule has 0 saturated heterocycles. The van der Waals surface area contributed by atoms with Gasteiger partial charge in [0.1, 0.15) is 22.2 Å². The fourth-order valence-corrected chi connectivity index (χ4v) is 3.92. The highest BCUT2D eigenvalue weighted by Gasteiger charge is 2.29. The van der Waals surface area contributed by atoms with Crippen LogP contribution < -0.4 is 8.92 Å². The molecule has 3 aromatic carbocycles. The van der Waals surface area contributed by atoms with E-state index in [2.05, 4.69) is 15.9 Å². The first-order valence-corrected chi connectivity index (χ1v) is 10.6. The van der Waals surface area contributed by atoms with E-state index in [0.717, 1.165) is 4.47 Å². The van der Waals surface area contributed by atoms with Crippen molar-refractivity contribution in [2.45, 2.75) is 4.90 Å². The van der Waals surface area contributed by atoms with Crippen molar-refractivity contribution in [2.75, 3.05) is 0 Å². The van der Waals surface area contributed by atoms with Crippen LogP contribution in [0.2, 0.25) is 0 Å². The highest BCUT2D eigenvalue weighted by atomic mass is 79.9. The molecule has 0 N–H and O–H groups in total. The largest absolute Gasteiger partial charge is 0.452 e. The van der Waals surface area contributed by atoms with Crippen molar-refractivity contribution in [3.05, 3.63) is 93.9 Å². The van der Waals surface area contributed by atoms with Gasteiger partial charge in [0, 0.05) is 16.1 Å². The van der Waals surface area contributed by atoms with Gasteiger partial charge < -0.3 is 8.92 Å². The molecule has 0 bridgehead atoms. The van der Waals surface area contributed by atoms with E-state index in [1.165, 1.54) is 48.5 Å². The standard InChI is InChI=1S/C21H12BrFO5S/c22-14-5-8-16(9-6-14)29(25,26)28-15-7-10-17-19(12-15)27-20(21(17)24)11-13-3-1-2-4-18(13)23/h1-12H. The van der Waals surface area contributed by atoms with Crippen LogP contribution in [0.4, 0.5) is 4.39 Å². The number of rotatable bonds is 4. The molecule has 8 heteroatoms. The van der Waals surface area contributed by atoms with Crippen molar-refractivity contribution in [1.29, 1.82) is 0 Å². The quantitative estimate of drug-likeness (QED) is 0.394. The van der Waals surface area contributed by atoms with E-state index in [-0.39, 0.29) is 33.3 Å². The van der Waals surface area contributed by atoms with Crippen LogP contribution in [0.15, 0.2) is 81.9 Å². The molecule has 0 atom stereocenters. The van der Waals surface area contributed by atoms with Gasteiger partial charge in [0.2, 0.25) is 5.78 Å². The molecular weight excluding hydrogens is 463 g/mol. The zero-order valence-electron chi connectivity index (χ0n) is 14.6. The third-order valence-corrected chi connectivity index (χ3v) is 5.93. The molecule has 3 aromatic rings. The molecule has 0 amide bonds. The molecule has 5 nitrogen and oxygen atoms in total. The van der Waals surface area contributed by atoms with E-state index in [4.69, 9.17) is 8.92 Å². The molecule has 0 radical (unpaired) electrons. The Kier molecular flexibility index (Phi) is 4.97. The number of benzene rings is 3. The number of fused-ring (bicyclic) bond motifs is 1. The van der Waals surface area contributed by atoms with Crippen molar-refractivity contribution < 1.29 is 26.5 Å². The van der Waals surface area contributed by atoms with Crippen LogP contribution in [0, 0.1) is 5.82 Å². The van der Waals surface area contributed by atoms with Crippen molar-refractivity contribution in [3.63, 3.8) is 0 Å². The normalized spacial score (nSPS) is 14.6. The summed E-state index contributed by atoms with van der Waals surface area (Å²) in [6.07, 6.45) is 1.30. The van der Waals surface area contributed by atoms with Crippen LogP contribution in [-0.2, 0) is 10.1 Å². The summed E-state index contributed by atoms with van der Waals surface area (Å²) >= 11 is 3.24. The average Bonchev–Trinajstić information content (AvgIpc) is 2.98. The summed E-state index contributed by atoms with van der Waals surface area (Å²) in [5.74, 6) is -0.840. The number of hydrogen-bond donors (Lipinski definition) is 0. The third kappa shape index (κ3) is 3.94. The Morgan fingerprint density at radius 1 is 1.00 bits per heavy atom. The molecular formula is C21H12BrFO5S. The van der Waals surface area contributed by atoms with E-state index < -0.39 is 21.7 Å². The van der Waals surface area contributed by atoms with Crippen LogP contribution in [0.1, 0.15) is 15.9 Å². The Morgan fingerprint density at radius 3 is 2.45 bits per heavy atom. The Bertz CT molecular complexity index is 1250. The lowest BCUT2D eigenvalue weighted by Crippen LogP contribution is -2.09. The lowest BCUT2D eigenvalue weighted by Gasteiger charge is -2.08. The Hall–Kier alpha value is -2.97. The van der Waals surface area contributed by atoms with Crippen molar-refractivity contribution in [3.8, 4) is 11.5 Å². The van der Waals surface area contributed by atoms with Crippen LogP contribution in [0.25, 0.3) is 6.08 Å². The van der Waals surface area contributed by atoms with Gasteiger partial charge in [-0.2, -0.15) is 8.42 Å². The highest BCUT2D eigenvalue weighted by Crippen LogP contribution is 2.36. The van der Waals surface area contributed by atoms with E-state index in [1.807, 2.05) is 0 Å². The maximum absolute atomic E-state index is 13.8. The molecule has 146 valence electrons. The minimum atomic E-state index is -4.05. The maximum atomic E-state index is 13.8. The van der Waals surface area contributed by atoms with Gasteiger partial charge in [0.25, 0.3) is 0 Å². The lowest BCUT2D eigenvalue weighted by molar-refractivity contribution is 0.101. The minimum absolute atomic E-state index is 0.00777. The Labute approximate surface area is 174 Å². The minimum Gasteiger partial charge on any atom is -0.452 e. The van der Waals surface area contributed by atoms with E-state index in [1.54, 1.807) is 24.3 Å². The summed E-state index contributed by atoms with van der Waals surface area (Å²) in [6, 6.07) is 16.0. The second-order valence-electron chi connectivity index (χ2n) is 6.11. The lowest BCUT2D eigenvalue weighted by atomic mass is 10.1. The predicted molar refractivity (Wildman–Crippen MR) is 108 cm³/mol. The van der Waals surface area contributed by atoms with Gasteiger partial charge in [0.05, 0.1) is 5.56 Å². The maximum Gasteiger partial charge on any atom is 0.339 e. The van der Waals surface area contributed by atoms with Gasteiger partial charge in [-0.05, 0) is 48.5 Å². The second kappa shape index (κ2) is 7.46. The molecule has 4 rings (SSSR count). The first kappa shape index (κ1) is 19.4. The van der Waals surface area contributed by atoms with Crippen LogP contribution in [0.5, 0.6) is 11.5 Å². The molecule has 0 aromatic heterocycles. The van der Waals surface area contributed by atoms with Crippen molar-refractivity contribution >= 4 is 37.9 Å². The molecule has 0 aliphatic carbocycles. The van der Waals surface area contributed by atoms with Crippen LogP contribution in [-0.4, -0.2) is 14.2 Å². The number of allylic oxidation sites excluding steroid dienone is 1. The summed E-state index contributed by atoms with van der Waals surface area (Å²) in [7, 11) is -4.05. The molecule has 1 aliphatic rings. The van der Waals surface area contributed by atoms with E-state index in [9.17, 15) is 17.6 Å². The highest BCUT2D eigenvalue weighted by molar-refractivity contribution is 9.10. The summed E-state index contributed by atoms with van der Waals surface area (Å²) in [6.45, 7) is 0. The van der Waals surface area contributed by atoms with Crippen molar-refractivity contribution in [2.24, 2.45) is 0 Å². The first-order valence-electron chi connectivity index (χ1n) is 8.36. The van der Waals surface area contributed by atoms with Gasteiger partial charge in [-0.15, -0.1) is 0 Å². The SMILES string of the molecule is O=C1C(=Cc2ccccc2F)Oc2cc(OS(=O)(=O)c3ccc(Br)cc3)ccc21. The number of carbonyl (C=O) groups is 1. The third-order valence-electron chi connectivity index (χ3n) is 4.14. The number of halogens is 2. The van der Waals surface area contributed by atoms with Gasteiger partial charge >= 0.3 is 10.1 Å². The predicted octanol–water partition coefficient (Wildman–Crippen LogP) is 4.97. The fourth-order valence-electron chi connectivity index (χ4n) is 2.73. The topological polar surface area (TPSA) is 69.7 Å². The zero-order chi connectivity index (χ0) is 20.6. The number of carbonyl (C=O) groups excluding carboxylic acids is 1. The first-order chi connectivity index (χ1) is 13.8. The van der Waals surface area contributed by atoms with Gasteiger partial charge in [-0.25, -0.2) is 4.39 Å². The number of ether oxygens (including phenoxy) is 1. The second-order valence-corrected chi connectivity index (χ2v) is 8.57. The number of hydrogen-bond acceptors (Lipinski definition) is 5. The Morgan fingerprint density at radius 2 is 1.72 bits per heavy atom. The number of ketones is 1.